The van der Waals surface area contributed by atoms with Crippen molar-refractivity contribution in [2.45, 2.75) is 65.1 Å². The standard InChI is InChI=1S/C20H28O4/c1-6-13-11-19(23)12-14(21)15(24-16(22)17(2,3)4)20(13)10-8-7-9-18(19,20)5/h6,8,10,13,15,23H,1,7,9,11-12H2,2-5H3/t13-,15-,18-,19-,20-/m0/s1. The highest BCUT2D eigenvalue weighted by Crippen LogP contribution is 2.71. The lowest BCUT2D eigenvalue weighted by atomic mass is 9.49. The van der Waals surface area contributed by atoms with Crippen molar-refractivity contribution >= 4 is 11.8 Å². The van der Waals surface area contributed by atoms with Crippen molar-refractivity contribution in [1.82, 2.24) is 0 Å². The minimum Gasteiger partial charge on any atom is -0.453 e. The first kappa shape index (κ1) is 17.4. The molecule has 1 N–H and O–H groups in total. The van der Waals surface area contributed by atoms with Crippen LogP contribution in [0.25, 0.3) is 0 Å². The summed E-state index contributed by atoms with van der Waals surface area (Å²) in [5.74, 6) is -0.645. The molecule has 3 rings (SSSR count). The number of hydrogen-bond donors (Lipinski definition) is 1. The molecule has 0 unspecified atom stereocenters. The fourth-order valence-electron chi connectivity index (χ4n) is 5.19. The average molecular weight is 332 g/mol. The molecule has 4 nitrogen and oxygen atoms in total. The van der Waals surface area contributed by atoms with E-state index in [1.54, 1.807) is 20.8 Å². The number of ketones is 1. The van der Waals surface area contributed by atoms with Gasteiger partial charge in [-0.2, -0.15) is 0 Å². The van der Waals surface area contributed by atoms with Crippen molar-refractivity contribution in [2.75, 3.05) is 0 Å². The van der Waals surface area contributed by atoms with Gasteiger partial charge in [-0.15, -0.1) is 6.58 Å². The molecule has 2 fully saturated rings. The number of Topliss-reactive ketones (excluding diaryl/α,β-unsaturated/α-hetero) is 1. The fourth-order valence-corrected chi connectivity index (χ4v) is 5.19. The summed E-state index contributed by atoms with van der Waals surface area (Å²) >= 11 is 0. The van der Waals surface area contributed by atoms with E-state index in [0.717, 1.165) is 12.8 Å². The molecular formula is C20H28O4. The molecular weight excluding hydrogens is 304 g/mol. The van der Waals surface area contributed by atoms with E-state index >= 15 is 0 Å². The number of esters is 1. The lowest BCUT2D eigenvalue weighted by Crippen LogP contribution is -2.64. The zero-order valence-electron chi connectivity index (χ0n) is 15.1. The van der Waals surface area contributed by atoms with Gasteiger partial charge < -0.3 is 9.84 Å². The Morgan fingerprint density at radius 2 is 2.12 bits per heavy atom. The van der Waals surface area contributed by atoms with E-state index in [1.807, 2.05) is 19.1 Å². The topological polar surface area (TPSA) is 63.6 Å². The molecule has 0 spiro atoms. The molecule has 0 saturated heterocycles. The Hall–Kier alpha value is -1.42. The van der Waals surface area contributed by atoms with Crippen LogP contribution in [0.15, 0.2) is 24.8 Å². The smallest absolute Gasteiger partial charge is 0.311 e. The minimum atomic E-state index is -1.06. The number of carbonyl (C=O) groups is 2. The van der Waals surface area contributed by atoms with E-state index in [2.05, 4.69) is 12.7 Å². The second-order valence-corrected chi connectivity index (χ2v) is 8.96. The highest BCUT2D eigenvalue weighted by atomic mass is 16.6. The van der Waals surface area contributed by atoms with Crippen LogP contribution in [-0.4, -0.2) is 28.6 Å². The van der Waals surface area contributed by atoms with E-state index < -0.39 is 27.9 Å². The Kier molecular flexibility index (Phi) is 3.66. The molecule has 4 heteroatoms. The Morgan fingerprint density at radius 1 is 1.46 bits per heavy atom. The van der Waals surface area contributed by atoms with Crippen molar-refractivity contribution in [3.8, 4) is 0 Å². The number of aliphatic hydroxyl groups is 1. The molecule has 3 aliphatic carbocycles. The van der Waals surface area contributed by atoms with Gasteiger partial charge >= 0.3 is 5.97 Å². The number of allylic oxidation sites excluding steroid dienone is 2. The first-order valence-electron chi connectivity index (χ1n) is 8.78. The van der Waals surface area contributed by atoms with E-state index in [1.165, 1.54) is 0 Å². The molecule has 2 saturated carbocycles. The summed E-state index contributed by atoms with van der Waals surface area (Å²) < 4.78 is 5.80. The Balaban J connectivity index is 2.14. The van der Waals surface area contributed by atoms with Crippen LogP contribution in [0, 0.1) is 22.2 Å². The summed E-state index contributed by atoms with van der Waals surface area (Å²) in [4.78, 5) is 25.4. The van der Waals surface area contributed by atoms with Gasteiger partial charge in [0.1, 0.15) is 0 Å². The molecule has 2 bridgehead atoms. The molecule has 3 aliphatic rings. The van der Waals surface area contributed by atoms with E-state index in [0.29, 0.717) is 6.42 Å². The molecule has 0 amide bonds. The monoisotopic (exact) mass is 332 g/mol. The van der Waals surface area contributed by atoms with Gasteiger partial charge in [0.25, 0.3) is 0 Å². The molecule has 0 aromatic carbocycles. The second-order valence-electron chi connectivity index (χ2n) is 8.96. The van der Waals surface area contributed by atoms with Crippen LogP contribution in [0.1, 0.15) is 53.4 Å². The van der Waals surface area contributed by atoms with E-state index in [9.17, 15) is 14.7 Å². The summed E-state index contributed by atoms with van der Waals surface area (Å²) in [6.45, 7) is 11.3. The molecule has 0 aliphatic heterocycles. The summed E-state index contributed by atoms with van der Waals surface area (Å²) in [6.07, 6.45) is 7.23. The number of hydrogen-bond acceptors (Lipinski definition) is 4. The highest BCUT2D eigenvalue weighted by Gasteiger charge is 2.75. The first-order valence-corrected chi connectivity index (χ1v) is 8.78. The molecule has 0 aromatic rings. The highest BCUT2D eigenvalue weighted by molar-refractivity contribution is 5.90. The third-order valence-electron chi connectivity index (χ3n) is 6.67. The summed E-state index contributed by atoms with van der Waals surface area (Å²) in [7, 11) is 0. The molecule has 24 heavy (non-hydrogen) atoms. The zero-order valence-corrected chi connectivity index (χ0v) is 15.1. The van der Waals surface area contributed by atoms with Crippen LogP contribution in [0.2, 0.25) is 0 Å². The third kappa shape index (κ3) is 1.95. The second kappa shape index (κ2) is 5.04. The lowest BCUT2D eigenvalue weighted by molar-refractivity contribution is -0.198. The summed E-state index contributed by atoms with van der Waals surface area (Å²) in [6, 6.07) is 0. The van der Waals surface area contributed by atoms with Crippen molar-refractivity contribution in [3.05, 3.63) is 24.8 Å². The van der Waals surface area contributed by atoms with Crippen LogP contribution in [0.4, 0.5) is 0 Å². The number of ether oxygens (including phenoxy) is 1. The lowest BCUT2D eigenvalue weighted by Gasteiger charge is -2.57. The number of rotatable bonds is 2. The Morgan fingerprint density at radius 3 is 2.71 bits per heavy atom. The maximum absolute atomic E-state index is 12.9. The maximum Gasteiger partial charge on any atom is 0.311 e. The zero-order chi connectivity index (χ0) is 18.0. The predicted octanol–water partition coefficient (Wildman–Crippen LogP) is 3.20. The van der Waals surface area contributed by atoms with Gasteiger partial charge in [0.2, 0.25) is 0 Å². The van der Waals surface area contributed by atoms with Crippen LogP contribution in [0.5, 0.6) is 0 Å². The largest absolute Gasteiger partial charge is 0.453 e. The normalized spacial score (nSPS) is 44.1. The molecule has 132 valence electrons. The van der Waals surface area contributed by atoms with Crippen LogP contribution >= 0.6 is 0 Å². The Labute approximate surface area is 144 Å². The maximum atomic E-state index is 12.9. The van der Waals surface area contributed by atoms with E-state index in [-0.39, 0.29) is 24.1 Å². The van der Waals surface area contributed by atoms with Crippen molar-refractivity contribution in [1.29, 1.82) is 0 Å². The van der Waals surface area contributed by atoms with Gasteiger partial charge in [0.15, 0.2) is 11.9 Å². The van der Waals surface area contributed by atoms with Crippen molar-refractivity contribution in [3.63, 3.8) is 0 Å². The summed E-state index contributed by atoms with van der Waals surface area (Å²) in [5, 5.41) is 11.3. The third-order valence-corrected chi connectivity index (χ3v) is 6.67. The fraction of sp³-hybridized carbons (Fsp3) is 0.700. The van der Waals surface area contributed by atoms with Crippen LogP contribution in [0.3, 0.4) is 0 Å². The number of carbonyl (C=O) groups excluding carboxylic acids is 2. The van der Waals surface area contributed by atoms with Crippen LogP contribution < -0.4 is 0 Å². The van der Waals surface area contributed by atoms with Gasteiger partial charge in [-0.05, 0) is 46.0 Å². The van der Waals surface area contributed by atoms with Gasteiger partial charge in [-0.1, -0.05) is 25.2 Å². The van der Waals surface area contributed by atoms with Gasteiger partial charge in [-0.3, -0.25) is 9.59 Å². The molecule has 0 radical (unpaired) electrons. The molecule has 5 atom stereocenters. The molecule has 0 heterocycles. The van der Waals surface area contributed by atoms with Gasteiger partial charge in [-0.25, -0.2) is 0 Å². The average Bonchev–Trinajstić information content (AvgIpc) is 2.62. The molecule has 0 aromatic heterocycles. The van der Waals surface area contributed by atoms with Crippen molar-refractivity contribution < 1.29 is 19.4 Å². The quantitative estimate of drug-likeness (QED) is 0.623. The van der Waals surface area contributed by atoms with Gasteiger partial charge in [0.05, 0.1) is 11.0 Å². The minimum absolute atomic E-state index is 0.0471. The predicted molar refractivity (Wildman–Crippen MR) is 91.1 cm³/mol. The van der Waals surface area contributed by atoms with Crippen LogP contribution in [-0.2, 0) is 14.3 Å². The first-order chi connectivity index (χ1) is 11.0. The van der Waals surface area contributed by atoms with Crippen molar-refractivity contribution in [2.24, 2.45) is 22.2 Å². The Bertz CT molecular complexity index is 628. The SMILES string of the molecule is C=C[C@H]1C[C@]2(O)CC(=O)[C@H](OC(=O)C(C)(C)C)[C@]13C=CCC[C@@]23C. The summed E-state index contributed by atoms with van der Waals surface area (Å²) in [5.41, 5.74) is -2.93. The van der Waals surface area contributed by atoms with Gasteiger partial charge in [0, 0.05) is 17.3 Å². The van der Waals surface area contributed by atoms with E-state index in [4.69, 9.17) is 4.74 Å².